The van der Waals surface area contributed by atoms with E-state index in [0.717, 1.165) is 16.9 Å². The Kier molecular flexibility index (Phi) is 6.02. The molecule has 5 heteroatoms. The predicted molar refractivity (Wildman–Crippen MR) is 105 cm³/mol. The van der Waals surface area contributed by atoms with Gasteiger partial charge in [0.05, 0.1) is 12.6 Å². The van der Waals surface area contributed by atoms with Gasteiger partial charge in [-0.2, -0.15) is 0 Å². The zero-order chi connectivity index (χ0) is 18.4. The minimum absolute atomic E-state index is 0.195. The van der Waals surface area contributed by atoms with E-state index in [4.69, 9.17) is 4.74 Å². The second-order valence-electron chi connectivity index (χ2n) is 5.81. The first kappa shape index (κ1) is 18.1. The number of amides is 1. The molecule has 0 fully saturated rings. The largest absolute Gasteiger partial charge is 0.477 e. The van der Waals surface area contributed by atoms with E-state index in [9.17, 15) is 4.79 Å². The molecule has 3 aromatic rings. The number of ether oxygens (including phenoxy) is 1. The van der Waals surface area contributed by atoms with Gasteiger partial charge >= 0.3 is 0 Å². The average molecular weight is 366 g/mol. The van der Waals surface area contributed by atoms with Crippen LogP contribution in [0.3, 0.4) is 0 Å². The topological polar surface area (TPSA) is 51.2 Å². The van der Waals surface area contributed by atoms with Gasteiger partial charge in [-0.15, -0.1) is 11.3 Å². The lowest BCUT2D eigenvalue weighted by Crippen LogP contribution is -2.29. The molecule has 3 rings (SSSR count). The Morgan fingerprint density at radius 3 is 2.62 bits per heavy atom. The van der Waals surface area contributed by atoms with Crippen molar-refractivity contribution < 1.29 is 9.53 Å². The number of benzene rings is 1. The molecule has 1 atom stereocenters. The number of thiophene rings is 1. The van der Waals surface area contributed by atoms with Crippen LogP contribution in [0, 0.1) is 0 Å². The van der Waals surface area contributed by atoms with Crippen molar-refractivity contribution in [2.24, 2.45) is 0 Å². The highest BCUT2D eigenvalue weighted by Gasteiger charge is 2.21. The summed E-state index contributed by atoms with van der Waals surface area (Å²) in [4.78, 5) is 18.2. The molecule has 0 radical (unpaired) electrons. The molecule has 0 saturated heterocycles. The summed E-state index contributed by atoms with van der Waals surface area (Å²) in [5.41, 5.74) is 2.77. The SMILES string of the molecule is CCOc1ncccc1C(=O)N[C@@H](c1ccc(CC)cc1)c1cccs1. The molecular formula is C21H22N2O2S. The second kappa shape index (κ2) is 8.63. The highest BCUT2D eigenvalue weighted by Crippen LogP contribution is 2.27. The fourth-order valence-corrected chi connectivity index (χ4v) is 3.55. The number of hydrogen-bond donors (Lipinski definition) is 1. The lowest BCUT2D eigenvalue weighted by Gasteiger charge is -2.19. The third-order valence-electron chi connectivity index (χ3n) is 4.12. The van der Waals surface area contributed by atoms with Crippen molar-refractivity contribution in [2.45, 2.75) is 26.3 Å². The van der Waals surface area contributed by atoms with Crippen LogP contribution in [0.25, 0.3) is 0 Å². The summed E-state index contributed by atoms with van der Waals surface area (Å²) >= 11 is 1.63. The first-order chi connectivity index (χ1) is 12.7. The van der Waals surface area contributed by atoms with E-state index >= 15 is 0 Å². The van der Waals surface area contributed by atoms with E-state index < -0.39 is 0 Å². The van der Waals surface area contributed by atoms with Crippen molar-refractivity contribution in [1.29, 1.82) is 0 Å². The molecule has 0 aliphatic carbocycles. The monoisotopic (exact) mass is 366 g/mol. The lowest BCUT2D eigenvalue weighted by atomic mass is 10.0. The molecule has 26 heavy (non-hydrogen) atoms. The van der Waals surface area contributed by atoms with Gasteiger partial charge < -0.3 is 10.1 Å². The summed E-state index contributed by atoms with van der Waals surface area (Å²) in [7, 11) is 0. The van der Waals surface area contributed by atoms with Crippen LogP contribution in [0.4, 0.5) is 0 Å². The Balaban J connectivity index is 1.90. The molecule has 134 valence electrons. The molecule has 2 aromatic heterocycles. The zero-order valence-corrected chi connectivity index (χ0v) is 15.8. The number of nitrogens with one attached hydrogen (secondary N) is 1. The maximum Gasteiger partial charge on any atom is 0.257 e. The number of nitrogens with zero attached hydrogens (tertiary/aromatic N) is 1. The molecular weight excluding hydrogens is 344 g/mol. The van der Waals surface area contributed by atoms with E-state index in [-0.39, 0.29) is 11.9 Å². The van der Waals surface area contributed by atoms with Crippen molar-refractivity contribution >= 4 is 17.2 Å². The van der Waals surface area contributed by atoms with Crippen LogP contribution in [-0.4, -0.2) is 17.5 Å². The lowest BCUT2D eigenvalue weighted by molar-refractivity contribution is 0.0939. The minimum atomic E-state index is -0.205. The third-order valence-corrected chi connectivity index (χ3v) is 5.06. The highest BCUT2D eigenvalue weighted by atomic mass is 32.1. The van der Waals surface area contributed by atoms with Crippen molar-refractivity contribution in [1.82, 2.24) is 10.3 Å². The van der Waals surface area contributed by atoms with Gasteiger partial charge in [0.1, 0.15) is 5.56 Å². The Bertz CT molecular complexity index is 845. The van der Waals surface area contributed by atoms with Crippen LogP contribution in [0.5, 0.6) is 5.88 Å². The maximum atomic E-state index is 12.9. The van der Waals surface area contributed by atoms with Gasteiger partial charge in [-0.3, -0.25) is 4.79 Å². The van der Waals surface area contributed by atoms with Crippen molar-refractivity contribution in [3.63, 3.8) is 0 Å². The number of aromatic nitrogens is 1. The van der Waals surface area contributed by atoms with Crippen LogP contribution in [0.1, 0.15) is 46.3 Å². The summed E-state index contributed by atoms with van der Waals surface area (Å²) in [5, 5.41) is 5.16. The summed E-state index contributed by atoms with van der Waals surface area (Å²) < 4.78 is 5.50. The van der Waals surface area contributed by atoms with Gasteiger partial charge in [-0.25, -0.2) is 4.98 Å². The van der Waals surface area contributed by atoms with E-state index in [1.54, 1.807) is 29.7 Å². The summed E-state index contributed by atoms with van der Waals surface area (Å²) in [6.07, 6.45) is 2.62. The number of rotatable bonds is 7. The number of carbonyl (C=O) groups excluding carboxylic acids is 1. The summed E-state index contributed by atoms with van der Waals surface area (Å²) in [6, 6.07) is 15.7. The Labute approximate surface area is 157 Å². The number of hydrogen-bond acceptors (Lipinski definition) is 4. The minimum Gasteiger partial charge on any atom is -0.477 e. The molecule has 0 spiro atoms. The molecule has 0 aliphatic rings. The number of pyridine rings is 1. The molecule has 1 amide bonds. The van der Waals surface area contributed by atoms with Gasteiger partial charge in [0, 0.05) is 11.1 Å². The van der Waals surface area contributed by atoms with Crippen LogP contribution in [0.2, 0.25) is 0 Å². The van der Waals surface area contributed by atoms with Gasteiger partial charge in [0.25, 0.3) is 5.91 Å². The van der Waals surface area contributed by atoms with E-state index in [2.05, 4.69) is 41.5 Å². The standard InChI is InChI=1S/C21H22N2O2S/c1-3-15-9-11-16(12-10-15)19(18-8-6-14-26-18)23-20(24)17-7-5-13-22-21(17)25-4-2/h5-14,19H,3-4H2,1-2H3,(H,23,24)/t19-/m0/s1. The quantitative estimate of drug-likeness (QED) is 0.664. The average Bonchev–Trinajstić information content (AvgIpc) is 3.21. The molecule has 4 nitrogen and oxygen atoms in total. The van der Waals surface area contributed by atoms with Crippen molar-refractivity contribution in [2.75, 3.05) is 6.61 Å². The second-order valence-corrected chi connectivity index (χ2v) is 6.79. The Hall–Kier alpha value is -2.66. The summed E-state index contributed by atoms with van der Waals surface area (Å²) in [5.74, 6) is 0.165. The van der Waals surface area contributed by atoms with Gasteiger partial charge in [0.2, 0.25) is 5.88 Å². The molecule has 0 bridgehead atoms. The van der Waals surface area contributed by atoms with Crippen molar-refractivity contribution in [3.8, 4) is 5.88 Å². The van der Waals surface area contributed by atoms with Crippen LogP contribution in [0.15, 0.2) is 60.1 Å². The maximum absolute atomic E-state index is 12.9. The van der Waals surface area contributed by atoms with Crippen LogP contribution in [-0.2, 0) is 6.42 Å². The van der Waals surface area contributed by atoms with Crippen LogP contribution >= 0.6 is 11.3 Å². The normalized spacial score (nSPS) is 11.8. The Morgan fingerprint density at radius 1 is 1.15 bits per heavy atom. The smallest absolute Gasteiger partial charge is 0.257 e. The summed E-state index contributed by atoms with van der Waals surface area (Å²) in [6.45, 7) is 4.47. The molecule has 1 aromatic carbocycles. The van der Waals surface area contributed by atoms with Gasteiger partial charge in [-0.1, -0.05) is 37.3 Å². The van der Waals surface area contributed by atoms with E-state index in [0.29, 0.717) is 18.1 Å². The first-order valence-electron chi connectivity index (χ1n) is 8.73. The van der Waals surface area contributed by atoms with Crippen molar-refractivity contribution in [3.05, 3.63) is 81.7 Å². The number of aryl methyl sites for hydroxylation is 1. The predicted octanol–water partition coefficient (Wildman–Crippen LogP) is 4.62. The number of carbonyl (C=O) groups is 1. The van der Waals surface area contributed by atoms with Gasteiger partial charge in [0.15, 0.2) is 0 Å². The van der Waals surface area contributed by atoms with E-state index in [1.807, 2.05) is 24.4 Å². The first-order valence-corrected chi connectivity index (χ1v) is 9.61. The Morgan fingerprint density at radius 2 is 1.96 bits per heavy atom. The van der Waals surface area contributed by atoms with E-state index in [1.165, 1.54) is 5.56 Å². The molecule has 0 unspecified atom stereocenters. The molecule has 0 aliphatic heterocycles. The molecule has 2 heterocycles. The molecule has 0 saturated carbocycles. The fourth-order valence-electron chi connectivity index (χ4n) is 2.74. The third kappa shape index (κ3) is 4.11. The fraction of sp³-hybridized carbons (Fsp3) is 0.238. The van der Waals surface area contributed by atoms with Gasteiger partial charge in [-0.05, 0) is 48.1 Å². The zero-order valence-electron chi connectivity index (χ0n) is 14.9. The molecule has 1 N–H and O–H groups in total. The highest BCUT2D eigenvalue weighted by molar-refractivity contribution is 7.10. The van der Waals surface area contributed by atoms with Crippen LogP contribution < -0.4 is 10.1 Å².